The average molecular weight is 593 g/mol. The van der Waals surface area contributed by atoms with Crippen LogP contribution in [-0.2, 0) is 10.3 Å². The van der Waals surface area contributed by atoms with E-state index in [-0.39, 0.29) is 0 Å². The molecular formula is C33H32N6O3S. The number of alkyl carbamates (subject to hydrolysis) is 1. The first kappa shape index (κ1) is 27.2. The summed E-state index contributed by atoms with van der Waals surface area (Å²) in [5.41, 5.74) is 5.55. The lowest BCUT2D eigenvalue weighted by atomic mass is 9.71. The Morgan fingerprint density at radius 1 is 1.05 bits per heavy atom. The molecule has 1 saturated carbocycles. The highest BCUT2D eigenvalue weighted by molar-refractivity contribution is 7.16. The number of anilines is 2. The van der Waals surface area contributed by atoms with Crippen molar-refractivity contribution in [2.75, 3.05) is 12.4 Å². The Morgan fingerprint density at radius 3 is 2.53 bits per heavy atom. The number of imidazole rings is 1. The van der Waals surface area contributed by atoms with Crippen molar-refractivity contribution in [3.8, 4) is 44.1 Å². The molecular weight excluding hydrogens is 560 g/mol. The number of nitrogens with zero attached hydrogens (tertiary/aromatic N) is 4. The van der Waals surface area contributed by atoms with E-state index in [1.165, 1.54) is 11.3 Å². The molecule has 5 aromatic rings. The number of benzene rings is 2. The van der Waals surface area contributed by atoms with Gasteiger partial charge in [0.15, 0.2) is 5.82 Å². The maximum atomic E-state index is 12.8. The van der Waals surface area contributed by atoms with Crippen LogP contribution in [0, 0.1) is 0 Å². The minimum Gasteiger partial charge on any atom is -0.473 e. The maximum absolute atomic E-state index is 12.8. The van der Waals surface area contributed by atoms with Crippen LogP contribution >= 0.6 is 11.3 Å². The van der Waals surface area contributed by atoms with Gasteiger partial charge in [0.05, 0.1) is 40.8 Å². The fraction of sp³-hybridized carbons (Fsp3) is 0.273. The number of ether oxygens (including phenoxy) is 2. The Hall–Kier alpha value is -4.70. The molecule has 43 heavy (non-hydrogen) atoms. The first-order valence-electron chi connectivity index (χ1n) is 14.3. The van der Waals surface area contributed by atoms with Crippen LogP contribution in [0.2, 0.25) is 0 Å². The van der Waals surface area contributed by atoms with Crippen LogP contribution in [0.3, 0.4) is 0 Å². The predicted molar refractivity (Wildman–Crippen MR) is 168 cm³/mol. The quantitative estimate of drug-likeness (QED) is 0.211. The smallest absolute Gasteiger partial charge is 0.408 e. The highest BCUT2D eigenvalue weighted by Crippen LogP contribution is 2.47. The summed E-state index contributed by atoms with van der Waals surface area (Å²) < 4.78 is 13.2. The molecule has 0 radical (unpaired) electrons. The van der Waals surface area contributed by atoms with Gasteiger partial charge in [-0.2, -0.15) is 0 Å². The van der Waals surface area contributed by atoms with Crippen LogP contribution in [0.5, 0.6) is 5.19 Å². The summed E-state index contributed by atoms with van der Waals surface area (Å²) in [4.78, 5) is 28.0. The lowest BCUT2D eigenvalue weighted by Crippen LogP contribution is -2.52. The van der Waals surface area contributed by atoms with Crippen LogP contribution in [0.15, 0.2) is 73.1 Å². The second-order valence-electron chi connectivity index (χ2n) is 11.8. The van der Waals surface area contributed by atoms with Gasteiger partial charge in [0.25, 0.3) is 5.19 Å². The topological polar surface area (TPSA) is 103 Å². The van der Waals surface area contributed by atoms with E-state index < -0.39 is 17.2 Å². The molecule has 2 aromatic carbocycles. The van der Waals surface area contributed by atoms with Crippen LogP contribution < -0.4 is 15.4 Å². The van der Waals surface area contributed by atoms with Gasteiger partial charge < -0.3 is 20.1 Å². The number of rotatable bonds is 5. The van der Waals surface area contributed by atoms with Gasteiger partial charge in [0.2, 0.25) is 0 Å². The minimum atomic E-state index is -0.562. The third-order valence-electron chi connectivity index (χ3n) is 7.88. The summed E-state index contributed by atoms with van der Waals surface area (Å²) in [6.45, 7) is 5.63. The van der Waals surface area contributed by atoms with Crippen molar-refractivity contribution in [3.63, 3.8) is 0 Å². The molecule has 7 rings (SSSR count). The number of fused-ring (bicyclic) bond motifs is 5. The van der Waals surface area contributed by atoms with E-state index in [9.17, 15) is 4.79 Å². The molecule has 9 nitrogen and oxygen atoms in total. The zero-order valence-electron chi connectivity index (χ0n) is 24.5. The molecule has 2 N–H and O–H groups in total. The molecule has 3 aromatic heterocycles. The van der Waals surface area contributed by atoms with Gasteiger partial charge in [-0.1, -0.05) is 47.7 Å². The second kappa shape index (κ2) is 10.2. The molecule has 0 bridgehead atoms. The van der Waals surface area contributed by atoms with Gasteiger partial charge in [-0.05, 0) is 69.9 Å². The highest BCUT2D eigenvalue weighted by atomic mass is 32.1. The van der Waals surface area contributed by atoms with Crippen molar-refractivity contribution >= 4 is 28.9 Å². The Morgan fingerprint density at radius 2 is 1.84 bits per heavy atom. The van der Waals surface area contributed by atoms with E-state index in [0.717, 1.165) is 75.2 Å². The van der Waals surface area contributed by atoms with Gasteiger partial charge >= 0.3 is 6.09 Å². The number of para-hydroxylation sites is 1. The van der Waals surface area contributed by atoms with Gasteiger partial charge in [-0.25, -0.2) is 19.7 Å². The monoisotopic (exact) mass is 592 g/mol. The summed E-state index contributed by atoms with van der Waals surface area (Å²) in [6.07, 6.45) is 5.97. The van der Waals surface area contributed by atoms with Crippen molar-refractivity contribution in [2.45, 2.75) is 51.2 Å². The zero-order chi connectivity index (χ0) is 29.8. The summed E-state index contributed by atoms with van der Waals surface area (Å²) >= 11 is 1.46. The summed E-state index contributed by atoms with van der Waals surface area (Å²) in [6, 6.07) is 20.5. The zero-order valence-corrected chi connectivity index (χ0v) is 25.3. The van der Waals surface area contributed by atoms with Crippen LogP contribution in [0.4, 0.5) is 16.3 Å². The molecule has 1 aliphatic heterocycles. The molecule has 218 valence electrons. The van der Waals surface area contributed by atoms with Crippen LogP contribution in [0.1, 0.15) is 45.6 Å². The minimum absolute atomic E-state index is 0.394. The molecule has 1 fully saturated rings. The molecule has 2 aliphatic rings. The Labute approximate surface area is 254 Å². The maximum Gasteiger partial charge on any atom is 0.408 e. The standard InChI is InChI=1S/C33H32N6O3S/c1-32(2,3)42-30(40)38-33(16-8-17-33)21-14-12-20(13-15-21)27-26(25-19-35-31(41-4)43-25)37-29-22-9-5-6-10-23(22)36-28-24(39(27)29)11-7-18-34-28/h5-7,9-15,18-19H,8,16-17H2,1-4H3,(H,34,36)(H,38,40). The first-order valence-corrected chi connectivity index (χ1v) is 15.1. The lowest BCUT2D eigenvalue weighted by molar-refractivity contribution is 0.0377. The van der Waals surface area contributed by atoms with E-state index in [2.05, 4.69) is 61.6 Å². The largest absolute Gasteiger partial charge is 0.473 e. The van der Waals surface area contributed by atoms with Crippen LogP contribution in [0.25, 0.3) is 38.9 Å². The van der Waals surface area contributed by atoms with Gasteiger partial charge in [-0.15, -0.1) is 0 Å². The van der Waals surface area contributed by atoms with Gasteiger partial charge in [-0.3, -0.25) is 4.57 Å². The molecule has 0 spiro atoms. The van der Waals surface area contributed by atoms with Crippen LogP contribution in [-0.4, -0.2) is 38.3 Å². The number of carbonyl (C=O) groups is 1. The lowest BCUT2D eigenvalue weighted by Gasteiger charge is -2.43. The van der Waals surface area contributed by atoms with E-state index >= 15 is 0 Å². The summed E-state index contributed by atoms with van der Waals surface area (Å²) in [5, 5.41) is 7.25. The van der Waals surface area contributed by atoms with Crippen molar-refractivity contribution in [3.05, 3.63) is 78.6 Å². The van der Waals surface area contributed by atoms with E-state index in [0.29, 0.717) is 5.19 Å². The number of hydrogen-bond acceptors (Lipinski definition) is 8. The molecule has 4 heterocycles. The van der Waals surface area contributed by atoms with E-state index in [4.69, 9.17) is 14.5 Å². The van der Waals surface area contributed by atoms with Crippen molar-refractivity contribution in [1.29, 1.82) is 0 Å². The Balaban J connectivity index is 1.39. The number of methoxy groups -OCH3 is 1. The SMILES string of the molecule is COc1ncc(-c2nc3n(c2-c2ccc(C4(NC(=O)OC(C)(C)C)CCC4)cc2)-c2cccnc2Nc2ccccc2-3)s1. The molecule has 10 heteroatoms. The van der Waals surface area contributed by atoms with E-state index in [1.807, 2.05) is 51.2 Å². The molecule has 0 unspecified atom stereocenters. The first-order chi connectivity index (χ1) is 20.7. The van der Waals surface area contributed by atoms with Crippen molar-refractivity contribution in [2.24, 2.45) is 0 Å². The average Bonchev–Trinajstić information content (AvgIpc) is 3.57. The number of nitrogens with one attached hydrogen (secondary N) is 2. The van der Waals surface area contributed by atoms with Crippen molar-refractivity contribution in [1.82, 2.24) is 24.8 Å². The summed E-state index contributed by atoms with van der Waals surface area (Å²) in [5.74, 6) is 1.55. The molecule has 0 atom stereocenters. The predicted octanol–water partition coefficient (Wildman–Crippen LogP) is 7.69. The molecule has 1 aliphatic carbocycles. The Kier molecular flexibility index (Phi) is 6.46. The fourth-order valence-electron chi connectivity index (χ4n) is 5.79. The number of carbonyl (C=O) groups excluding carboxylic acids is 1. The number of hydrogen-bond donors (Lipinski definition) is 2. The normalized spacial score (nSPS) is 14.7. The highest BCUT2D eigenvalue weighted by Gasteiger charge is 2.41. The third kappa shape index (κ3) is 4.81. The summed E-state index contributed by atoms with van der Waals surface area (Å²) in [7, 11) is 1.62. The Bertz CT molecular complexity index is 1830. The molecule has 0 saturated heterocycles. The van der Waals surface area contributed by atoms with Crippen molar-refractivity contribution < 1.29 is 14.3 Å². The third-order valence-corrected chi connectivity index (χ3v) is 8.84. The fourth-order valence-corrected chi connectivity index (χ4v) is 6.51. The molecule has 1 amide bonds. The second-order valence-corrected chi connectivity index (χ2v) is 12.8. The number of amides is 1. The van der Waals surface area contributed by atoms with Gasteiger partial charge in [0.1, 0.15) is 17.1 Å². The number of pyridine rings is 1. The number of thiazole rings is 1. The number of aromatic nitrogens is 4. The van der Waals surface area contributed by atoms with Gasteiger partial charge in [0, 0.05) is 17.3 Å². The van der Waals surface area contributed by atoms with E-state index in [1.54, 1.807) is 13.3 Å².